The fourth-order valence-electron chi connectivity index (χ4n) is 3.16. The third-order valence-corrected chi connectivity index (χ3v) is 6.02. The highest BCUT2D eigenvalue weighted by Gasteiger charge is 2.16. The van der Waals surface area contributed by atoms with E-state index in [0.29, 0.717) is 11.6 Å². The summed E-state index contributed by atoms with van der Waals surface area (Å²) >= 11 is 7.46. The van der Waals surface area contributed by atoms with Crippen molar-refractivity contribution in [2.24, 2.45) is 0 Å². The predicted molar refractivity (Wildman–Crippen MR) is 110 cm³/mol. The zero-order chi connectivity index (χ0) is 18.4. The largest absolute Gasteiger partial charge is 0.351 e. The second kappa shape index (κ2) is 9.45. The lowest BCUT2D eigenvalue weighted by Gasteiger charge is -2.18. The second-order valence-corrected chi connectivity index (χ2v) is 8.53. The van der Waals surface area contributed by atoms with Gasteiger partial charge in [-0.25, -0.2) is 0 Å². The lowest BCUT2D eigenvalue weighted by molar-refractivity contribution is -0.120. The topological polar surface area (TPSA) is 32.3 Å². The van der Waals surface area contributed by atoms with E-state index in [4.69, 9.17) is 11.6 Å². The molecule has 138 valence electrons. The SMILES string of the molecule is CC(Sc1ccc(Cl)cc1)C(=O)NCc1ccccc1CN1CCCC1. The van der Waals surface area contributed by atoms with Crippen molar-refractivity contribution < 1.29 is 4.79 Å². The van der Waals surface area contributed by atoms with Gasteiger partial charge in [-0.05, 0) is 68.2 Å². The molecule has 0 aliphatic carbocycles. The van der Waals surface area contributed by atoms with Crippen molar-refractivity contribution in [3.8, 4) is 0 Å². The monoisotopic (exact) mass is 388 g/mol. The van der Waals surface area contributed by atoms with E-state index in [1.54, 1.807) is 11.8 Å². The van der Waals surface area contributed by atoms with Gasteiger partial charge in [0.05, 0.1) is 5.25 Å². The number of halogens is 1. The number of hydrogen-bond donors (Lipinski definition) is 1. The van der Waals surface area contributed by atoms with Crippen molar-refractivity contribution in [3.05, 3.63) is 64.7 Å². The van der Waals surface area contributed by atoms with Crippen LogP contribution in [-0.4, -0.2) is 29.1 Å². The van der Waals surface area contributed by atoms with Gasteiger partial charge in [0.1, 0.15) is 0 Å². The highest BCUT2D eigenvalue weighted by molar-refractivity contribution is 8.00. The molecule has 1 fully saturated rings. The maximum Gasteiger partial charge on any atom is 0.233 e. The molecule has 2 aromatic rings. The van der Waals surface area contributed by atoms with Gasteiger partial charge in [-0.3, -0.25) is 9.69 Å². The van der Waals surface area contributed by atoms with E-state index in [-0.39, 0.29) is 11.2 Å². The van der Waals surface area contributed by atoms with Crippen LogP contribution in [-0.2, 0) is 17.9 Å². The first-order valence-electron chi connectivity index (χ1n) is 9.11. The molecule has 0 saturated carbocycles. The summed E-state index contributed by atoms with van der Waals surface area (Å²) in [6.45, 7) is 5.84. The molecular formula is C21H25ClN2OS. The van der Waals surface area contributed by atoms with E-state index in [1.165, 1.54) is 37.1 Å². The predicted octanol–water partition coefficient (Wildman–Crippen LogP) is 4.73. The summed E-state index contributed by atoms with van der Waals surface area (Å²) in [5.74, 6) is 0.0564. The van der Waals surface area contributed by atoms with Gasteiger partial charge in [0.25, 0.3) is 0 Å². The summed E-state index contributed by atoms with van der Waals surface area (Å²) in [6, 6.07) is 16.0. The van der Waals surface area contributed by atoms with Crippen molar-refractivity contribution >= 4 is 29.3 Å². The number of hydrogen-bond acceptors (Lipinski definition) is 3. The Labute approximate surface area is 165 Å². The van der Waals surface area contributed by atoms with Crippen LogP contribution in [0.3, 0.4) is 0 Å². The van der Waals surface area contributed by atoms with Gasteiger partial charge in [-0.1, -0.05) is 35.9 Å². The van der Waals surface area contributed by atoms with Gasteiger partial charge in [-0.2, -0.15) is 0 Å². The molecule has 0 spiro atoms. The zero-order valence-corrected chi connectivity index (χ0v) is 16.7. The summed E-state index contributed by atoms with van der Waals surface area (Å²) < 4.78 is 0. The first-order valence-corrected chi connectivity index (χ1v) is 10.4. The number of carbonyl (C=O) groups excluding carboxylic acids is 1. The van der Waals surface area contributed by atoms with E-state index >= 15 is 0 Å². The Morgan fingerprint density at radius 2 is 1.77 bits per heavy atom. The van der Waals surface area contributed by atoms with Crippen LogP contribution in [0.2, 0.25) is 5.02 Å². The number of nitrogens with zero attached hydrogens (tertiary/aromatic N) is 1. The van der Waals surface area contributed by atoms with Crippen molar-refractivity contribution in [1.29, 1.82) is 0 Å². The normalized spacial score (nSPS) is 15.8. The number of thioether (sulfide) groups is 1. The van der Waals surface area contributed by atoms with Gasteiger partial charge in [0.2, 0.25) is 5.91 Å². The molecule has 2 aromatic carbocycles. The van der Waals surface area contributed by atoms with E-state index < -0.39 is 0 Å². The highest BCUT2D eigenvalue weighted by atomic mass is 35.5. The number of benzene rings is 2. The number of carbonyl (C=O) groups is 1. The maximum absolute atomic E-state index is 12.5. The first kappa shape index (κ1) is 19.3. The minimum atomic E-state index is -0.151. The number of likely N-dealkylation sites (tertiary alicyclic amines) is 1. The number of nitrogens with one attached hydrogen (secondary N) is 1. The molecule has 1 aliphatic heterocycles. The van der Waals surface area contributed by atoms with Crippen LogP contribution in [0.1, 0.15) is 30.9 Å². The van der Waals surface area contributed by atoms with Crippen molar-refractivity contribution in [2.45, 2.75) is 43.0 Å². The van der Waals surface area contributed by atoms with Crippen LogP contribution in [0.25, 0.3) is 0 Å². The average Bonchev–Trinajstić information content (AvgIpc) is 3.15. The van der Waals surface area contributed by atoms with Crippen LogP contribution in [0, 0.1) is 0 Å². The molecule has 26 heavy (non-hydrogen) atoms. The van der Waals surface area contributed by atoms with Gasteiger partial charge in [0, 0.05) is 23.0 Å². The molecule has 1 saturated heterocycles. The minimum Gasteiger partial charge on any atom is -0.351 e. The molecule has 1 unspecified atom stereocenters. The smallest absolute Gasteiger partial charge is 0.233 e. The lowest BCUT2D eigenvalue weighted by Crippen LogP contribution is -2.31. The number of rotatable bonds is 7. The Balaban J connectivity index is 1.54. The summed E-state index contributed by atoms with van der Waals surface area (Å²) in [4.78, 5) is 16.0. The molecule has 1 atom stereocenters. The Kier molecular flexibility index (Phi) is 7.00. The van der Waals surface area contributed by atoms with Crippen molar-refractivity contribution in [2.75, 3.05) is 13.1 Å². The van der Waals surface area contributed by atoms with Crippen molar-refractivity contribution in [3.63, 3.8) is 0 Å². The van der Waals surface area contributed by atoms with E-state index in [1.807, 2.05) is 37.3 Å². The van der Waals surface area contributed by atoms with Crippen LogP contribution in [0.15, 0.2) is 53.4 Å². The molecule has 3 nitrogen and oxygen atoms in total. The average molecular weight is 389 g/mol. The highest BCUT2D eigenvalue weighted by Crippen LogP contribution is 2.25. The molecule has 0 bridgehead atoms. The molecule has 1 heterocycles. The third-order valence-electron chi connectivity index (χ3n) is 4.66. The van der Waals surface area contributed by atoms with E-state index in [0.717, 1.165) is 11.4 Å². The molecule has 0 aromatic heterocycles. The van der Waals surface area contributed by atoms with E-state index in [9.17, 15) is 4.79 Å². The van der Waals surface area contributed by atoms with Crippen LogP contribution < -0.4 is 5.32 Å². The zero-order valence-electron chi connectivity index (χ0n) is 15.1. The summed E-state index contributed by atoms with van der Waals surface area (Å²) in [5, 5.41) is 3.65. The molecule has 0 radical (unpaired) electrons. The molecule has 1 aliphatic rings. The molecular weight excluding hydrogens is 364 g/mol. The van der Waals surface area contributed by atoms with Gasteiger partial charge < -0.3 is 5.32 Å². The third kappa shape index (κ3) is 5.50. The van der Waals surface area contributed by atoms with Crippen LogP contribution in [0.5, 0.6) is 0 Å². The van der Waals surface area contributed by atoms with Crippen LogP contribution in [0.4, 0.5) is 0 Å². The van der Waals surface area contributed by atoms with E-state index in [2.05, 4.69) is 28.4 Å². The second-order valence-electron chi connectivity index (χ2n) is 6.68. The summed E-state index contributed by atoms with van der Waals surface area (Å²) in [6.07, 6.45) is 2.58. The molecule has 1 amide bonds. The standard InChI is InChI=1S/C21H25ClN2OS/c1-16(26-20-10-8-19(22)9-11-20)21(25)23-14-17-6-2-3-7-18(17)15-24-12-4-5-13-24/h2-3,6-11,16H,4-5,12-15H2,1H3,(H,23,25). The maximum atomic E-state index is 12.5. The molecule has 1 N–H and O–H groups in total. The Morgan fingerprint density at radius 3 is 2.46 bits per heavy atom. The molecule has 5 heteroatoms. The fourth-order valence-corrected chi connectivity index (χ4v) is 4.18. The Bertz CT molecular complexity index is 729. The lowest BCUT2D eigenvalue weighted by atomic mass is 10.1. The fraction of sp³-hybridized carbons (Fsp3) is 0.381. The Morgan fingerprint density at radius 1 is 1.12 bits per heavy atom. The summed E-state index contributed by atoms with van der Waals surface area (Å²) in [7, 11) is 0. The summed E-state index contributed by atoms with van der Waals surface area (Å²) in [5.41, 5.74) is 2.52. The Hall–Kier alpha value is -1.49. The number of amides is 1. The first-order chi connectivity index (χ1) is 12.6. The van der Waals surface area contributed by atoms with Crippen LogP contribution >= 0.6 is 23.4 Å². The quantitative estimate of drug-likeness (QED) is 0.695. The van der Waals surface area contributed by atoms with Gasteiger partial charge >= 0.3 is 0 Å². The van der Waals surface area contributed by atoms with Gasteiger partial charge in [-0.15, -0.1) is 11.8 Å². The van der Waals surface area contributed by atoms with Gasteiger partial charge in [0.15, 0.2) is 0 Å². The van der Waals surface area contributed by atoms with Crippen molar-refractivity contribution in [1.82, 2.24) is 10.2 Å². The molecule has 3 rings (SSSR count). The minimum absolute atomic E-state index is 0.0564.